The van der Waals surface area contributed by atoms with Gasteiger partial charge in [0.2, 0.25) is 5.28 Å². The molecule has 6 nitrogen and oxygen atoms in total. The highest BCUT2D eigenvalue weighted by atomic mass is 35.5. The first-order valence-electron chi connectivity index (χ1n) is 5.43. The lowest BCUT2D eigenvalue weighted by atomic mass is 10.2. The van der Waals surface area contributed by atoms with Crippen LogP contribution in [-0.4, -0.2) is 25.2 Å². The minimum atomic E-state index is -0.208. The van der Waals surface area contributed by atoms with Gasteiger partial charge >= 0.3 is 0 Å². The van der Waals surface area contributed by atoms with E-state index in [2.05, 4.69) is 15.4 Å². The maximum Gasteiger partial charge on any atom is 0.269 e. The Balaban J connectivity index is 2.05. The first kappa shape index (κ1) is 12.6. The van der Waals surface area contributed by atoms with Crippen LogP contribution in [0.5, 0.6) is 0 Å². The van der Waals surface area contributed by atoms with Crippen molar-refractivity contribution in [2.24, 2.45) is 14.1 Å². The summed E-state index contributed by atoms with van der Waals surface area (Å²) in [6.07, 6.45) is 3.19. The second-order valence-corrected chi connectivity index (χ2v) is 4.37. The van der Waals surface area contributed by atoms with Gasteiger partial charge in [0.05, 0.1) is 12.4 Å². The smallest absolute Gasteiger partial charge is 0.269 e. The standard InChI is InChI=1S/C11H14ClN5O/c1-7-8(5-15-17(7)3)4-13-10(18)9-6-14-11(12)16(9)2/h5-6H,4H2,1-3H3,(H,13,18). The molecule has 0 unspecified atom stereocenters. The number of rotatable bonds is 3. The van der Waals surface area contributed by atoms with Crippen molar-refractivity contribution in [3.8, 4) is 0 Å². The van der Waals surface area contributed by atoms with E-state index in [1.165, 1.54) is 10.8 Å². The lowest BCUT2D eigenvalue weighted by Crippen LogP contribution is -2.25. The number of carbonyl (C=O) groups is 1. The first-order chi connectivity index (χ1) is 8.50. The van der Waals surface area contributed by atoms with Gasteiger partial charge in [-0.3, -0.25) is 9.48 Å². The number of hydrogen-bond acceptors (Lipinski definition) is 3. The van der Waals surface area contributed by atoms with Gasteiger partial charge in [-0.05, 0) is 18.5 Å². The van der Waals surface area contributed by atoms with Crippen LogP contribution in [0, 0.1) is 6.92 Å². The average Bonchev–Trinajstić information content (AvgIpc) is 2.83. The lowest BCUT2D eigenvalue weighted by molar-refractivity contribution is 0.0942. The molecule has 96 valence electrons. The summed E-state index contributed by atoms with van der Waals surface area (Å²) >= 11 is 5.78. The molecule has 0 saturated heterocycles. The summed E-state index contributed by atoms with van der Waals surface area (Å²) < 4.78 is 3.30. The molecule has 0 aliphatic heterocycles. The molecule has 0 aromatic carbocycles. The fourth-order valence-corrected chi connectivity index (χ4v) is 1.72. The predicted octanol–water partition coefficient (Wildman–Crippen LogP) is 1.05. The molecule has 0 atom stereocenters. The molecule has 18 heavy (non-hydrogen) atoms. The Morgan fingerprint density at radius 2 is 2.17 bits per heavy atom. The van der Waals surface area contributed by atoms with E-state index in [1.807, 2.05) is 14.0 Å². The van der Waals surface area contributed by atoms with Crippen LogP contribution in [0.4, 0.5) is 0 Å². The largest absolute Gasteiger partial charge is 0.347 e. The third kappa shape index (κ3) is 2.24. The number of halogens is 1. The first-order valence-corrected chi connectivity index (χ1v) is 5.81. The van der Waals surface area contributed by atoms with Crippen molar-refractivity contribution in [3.05, 3.63) is 34.6 Å². The zero-order valence-electron chi connectivity index (χ0n) is 10.4. The van der Waals surface area contributed by atoms with Gasteiger partial charge in [-0.25, -0.2) is 4.98 Å². The van der Waals surface area contributed by atoms with Crippen molar-refractivity contribution < 1.29 is 4.79 Å². The number of carbonyl (C=O) groups excluding carboxylic acids is 1. The molecule has 2 heterocycles. The van der Waals surface area contributed by atoms with Crippen LogP contribution in [0.15, 0.2) is 12.4 Å². The maximum absolute atomic E-state index is 11.9. The quantitative estimate of drug-likeness (QED) is 0.904. The number of aromatic nitrogens is 4. The summed E-state index contributed by atoms with van der Waals surface area (Å²) in [5, 5.41) is 7.22. The van der Waals surface area contributed by atoms with Crippen LogP contribution < -0.4 is 5.32 Å². The third-order valence-corrected chi connectivity index (χ3v) is 3.29. The van der Waals surface area contributed by atoms with Crippen LogP contribution in [0.25, 0.3) is 0 Å². The van der Waals surface area contributed by atoms with E-state index in [0.717, 1.165) is 11.3 Å². The van der Waals surface area contributed by atoms with Gasteiger partial charge in [-0.2, -0.15) is 5.10 Å². The minimum Gasteiger partial charge on any atom is -0.347 e. The molecule has 2 aromatic heterocycles. The highest BCUT2D eigenvalue weighted by Crippen LogP contribution is 2.09. The Morgan fingerprint density at radius 3 is 2.67 bits per heavy atom. The Hall–Kier alpha value is -1.82. The van der Waals surface area contributed by atoms with Crippen molar-refractivity contribution >= 4 is 17.5 Å². The summed E-state index contributed by atoms with van der Waals surface area (Å²) in [5.41, 5.74) is 2.44. The average molecular weight is 268 g/mol. The Bertz CT molecular complexity index is 586. The number of hydrogen-bond donors (Lipinski definition) is 1. The molecule has 0 spiro atoms. The summed E-state index contributed by atoms with van der Waals surface area (Å²) in [6, 6.07) is 0. The Labute approximate surface area is 110 Å². The molecule has 0 radical (unpaired) electrons. The van der Waals surface area contributed by atoms with Gasteiger partial charge in [0.1, 0.15) is 5.69 Å². The van der Waals surface area contributed by atoms with Crippen molar-refractivity contribution in [2.45, 2.75) is 13.5 Å². The zero-order valence-corrected chi connectivity index (χ0v) is 11.2. The van der Waals surface area contributed by atoms with E-state index >= 15 is 0 Å². The minimum absolute atomic E-state index is 0.208. The van der Waals surface area contributed by atoms with Crippen LogP contribution in [0.3, 0.4) is 0 Å². The highest BCUT2D eigenvalue weighted by molar-refractivity contribution is 6.28. The molecule has 2 aromatic rings. The van der Waals surface area contributed by atoms with Gasteiger partial charge in [0.15, 0.2) is 0 Å². The Kier molecular flexibility index (Phi) is 3.38. The summed E-state index contributed by atoms with van der Waals surface area (Å²) in [5.74, 6) is -0.208. The summed E-state index contributed by atoms with van der Waals surface area (Å²) in [6.45, 7) is 2.39. The van der Waals surface area contributed by atoms with Gasteiger partial charge in [0, 0.05) is 31.9 Å². The van der Waals surface area contributed by atoms with E-state index in [4.69, 9.17) is 11.6 Å². The number of nitrogens with one attached hydrogen (secondary N) is 1. The zero-order chi connectivity index (χ0) is 13.3. The number of imidazole rings is 1. The van der Waals surface area contributed by atoms with Gasteiger partial charge in [-0.15, -0.1) is 0 Å². The van der Waals surface area contributed by atoms with Crippen molar-refractivity contribution in [1.82, 2.24) is 24.6 Å². The van der Waals surface area contributed by atoms with Crippen molar-refractivity contribution in [3.63, 3.8) is 0 Å². The summed E-state index contributed by atoms with van der Waals surface area (Å²) in [7, 11) is 3.56. The van der Waals surface area contributed by atoms with Crippen LogP contribution in [-0.2, 0) is 20.6 Å². The second kappa shape index (κ2) is 4.81. The van der Waals surface area contributed by atoms with Gasteiger partial charge < -0.3 is 9.88 Å². The van der Waals surface area contributed by atoms with Crippen LogP contribution in [0.2, 0.25) is 5.28 Å². The molecule has 7 heteroatoms. The fraction of sp³-hybridized carbons (Fsp3) is 0.364. The molecule has 0 bridgehead atoms. The van der Waals surface area contributed by atoms with E-state index in [0.29, 0.717) is 12.2 Å². The maximum atomic E-state index is 11.9. The van der Waals surface area contributed by atoms with Crippen molar-refractivity contribution in [2.75, 3.05) is 0 Å². The third-order valence-electron chi connectivity index (χ3n) is 2.94. The number of amides is 1. The SMILES string of the molecule is Cc1c(CNC(=O)c2cnc(Cl)n2C)cnn1C. The van der Waals surface area contributed by atoms with E-state index in [-0.39, 0.29) is 11.2 Å². The molecular formula is C11H14ClN5O. The van der Waals surface area contributed by atoms with Gasteiger partial charge in [0.25, 0.3) is 5.91 Å². The molecule has 2 rings (SSSR count). The summed E-state index contributed by atoms with van der Waals surface area (Å²) in [4.78, 5) is 15.8. The normalized spacial score (nSPS) is 10.7. The molecule has 1 N–H and O–H groups in total. The second-order valence-electron chi connectivity index (χ2n) is 4.03. The van der Waals surface area contributed by atoms with Crippen LogP contribution >= 0.6 is 11.6 Å². The predicted molar refractivity (Wildman–Crippen MR) is 67.3 cm³/mol. The molecule has 1 amide bonds. The monoisotopic (exact) mass is 267 g/mol. The molecule has 0 saturated carbocycles. The van der Waals surface area contributed by atoms with Crippen molar-refractivity contribution in [1.29, 1.82) is 0 Å². The van der Waals surface area contributed by atoms with E-state index < -0.39 is 0 Å². The molecule has 0 aliphatic rings. The molecule has 0 aliphatic carbocycles. The number of aryl methyl sites for hydroxylation is 1. The Morgan fingerprint density at radius 1 is 1.44 bits per heavy atom. The molecular weight excluding hydrogens is 254 g/mol. The number of nitrogens with zero attached hydrogens (tertiary/aromatic N) is 4. The fourth-order valence-electron chi connectivity index (χ4n) is 1.58. The van der Waals surface area contributed by atoms with Crippen LogP contribution in [0.1, 0.15) is 21.7 Å². The highest BCUT2D eigenvalue weighted by Gasteiger charge is 2.13. The van der Waals surface area contributed by atoms with E-state index in [9.17, 15) is 4.79 Å². The lowest BCUT2D eigenvalue weighted by Gasteiger charge is -2.05. The van der Waals surface area contributed by atoms with E-state index in [1.54, 1.807) is 17.9 Å². The van der Waals surface area contributed by atoms with Gasteiger partial charge in [-0.1, -0.05) is 0 Å². The molecule has 0 fully saturated rings. The topological polar surface area (TPSA) is 64.7 Å².